The highest BCUT2D eigenvalue weighted by Crippen LogP contribution is 2.23. The summed E-state index contributed by atoms with van der Waals surface area (Å²) in [4.78, 5) is 14.6. The van der Waals surface area contributed by atoms with Crippen molar-refractivity contribution in [1.82, 2.24) is 4.90 Å². The topological polar surface area (TPSA) is 64.8 Å². The average molecular weight is 332 g/mol. The van der Waals surface area contributed by atoms with Crippen molar-refractivity contribution in [1.29, 1.82) is 0 Å². The lowest BCUT2D eigenvalue weighted by Gasteiger charge is -2.39. The number of carbonyl (C=O) groups is 1. The van der Waals surface area contributed by atoms with Crippen LogP contribution in [-0.4, -0.2) is 55.4 Å². The Labute approximate surface area is 144 Å². The second-order valence-corrected chi connectivity index (χ2v) is 6.87. The molecule has 24 heavy (non-hydrogen) atoms. The van der Waals surface area contributed by atoms with Gasteiger partial charge in [0.1, 0.15) is 0 Å². The number of likely N-dealkylation sites (tertiary alicyclic amines) is 1. The smallest absolute Gasteiger partial charge is 0.242 e. The van der Waals surface area contributed by atoms with Gasteiger partial charge in [0.05, 0.1) is 18.2 Å². The molecule has 0 atom stereocenters. The fraction of sp³-hybridized carbons (Fsp3) is 0.632. The van der Waals surface area contributed by atoms with E-state index in [0.717, 1.165) is 39.0 Å². The number of ether oxygens (including phenoxy) is 2. The van der Waals surface area contributed by atoms with Crippen LogP contribution >= 0.6 is 0 Å². The van der Waals surface area contributed by atoms with Gasteiger partial charge in [0.2, 0.25) is 5.91 Å². The summed E-state index contributed by atoms with van der Waals surface area (Å²) in [5, 5.41) is 0. The lowest BCUT2D eigenvalue weighted by molar-refractivity contribution is -0.143. The van der Waals surface area contributed by atoms with Gasteiger partial charge in [-0.2, -0.15) is 0 Å². The zero-order valence-electron chi connectivity index (χ0n) is 14.3. The van der Waals surface area contributed by atoms with Gasteiger partial charge in [-0.1, -0.05) is 30.3 Å². The van der Waals surface area contributed by atoms with E-state index in [-0.39, 0.29) is 12.0 Å². The van der Waals surface area contributed by atoms with Crippen LogP contribution in [0.25, 0.3) is 0 Å². The molecule has 0 radical (unpaired) electrons. The molecule has 0 bridgehead atoms. The minimum absolute atomic E-state index is 0.0912. The van der Waals surface area contributed by atoms with E-state index in [9.17, 15) is 4.79 Å². The van der Waals surface area contributed by atoms with Crippen molar-refractivity contribution in [3.8, 4) is 0 Å². The Morgan fingerprint density at radius 3 is 2.54 bits per heavy atom. The van der Waals surface area contributed by atoms with Crippen molar-refractivity contribution in [3.05, 3.63) is 35.9 Å². The highest BCUT2D eigenvalue weighted by atomic mass is 16.5. The number of hydrogen-bond acceptors (Lipinski definition) is 4. The van der Waals surface area contributed by atoms with E-state index in [0.29, 0.717) is 26.1 Å². The number of rotatable bonds is 5. The van der Waals surface area contributed by atoms with Crippen LogP contribution in [0.15, 0.2) is 30.3 Å². The Morgan fingerprint density at radius 2 is 1.88 bits per heavy atom. The maximum Gasteiger partial charge on any atom is 0.242 e. The van der Waals surface area contributed by atoms with Crippen molar-refractivity contribution in [2.24, 2.45) is 5.73 Å². The van der Waals surface area contributed by atoms with Gasteiger partial charge in [0.15, 0.2) is 0 Å². The molecule has 0 saturated carbocycles. The molecule has 2 saturated heterocycles. The van der Waals surface area contributed by atoms with E-state index >= 15 is 0 Å². The Morgan fingerprint density at radius 1 is 1.21 bits per heavy atom. The second-order valence-electron chi connectivity index (χ2n) is 6.87. The van der Waals surface area contributed by atoms with Gasteiger partial charge < -0.3 is 20.1 Å². The van der Waals surface area contributed by atoms with Crippen molar-refractivity contribution in [3.63, 3.8) is 0 Å². The van der Waals surface area contributed by atoms with Crippen LogP contribution in [0.5, 0.6) is 0 Å². The van der Waals surface area contributed by atoms with Gasteiger partial charge in [-0.05, 0) is 37.7 Å². The molecule has 2 aliphatic rings. The molecule has 2 heterocycles. The summed E-state index contributed by atoms with van der Waals surface area (Å²) in [6.45, 7) is 3.40. The predicted molar refractivity (Wildman–Crippen MR) is 92.7 cm³/mol. The largest absolute Gasteiger partial charge is 0.381 e. The zero-order chi connectivity index (χ0) is 16.8. The molecular weight excluding hydrogens is 304 g/mol. The number of amides is 1. The molecule has 0 unspecified atom stereocenters. The Kier molecular flexibility index (Phi) is 5.87. The van der Waals surface area contributed by atoms with Crippen molar-refractivity contribution in [2.75, 3.05) is 32.9 Å². The summed E-state index contributed by atoms with van der Waals surface area (Å²) in [5.74, 6) is 0.0912. The summed E-state index contributed by atoms with van der Waals surface area (Å²) < 4.78 is 11.3. The van der Waals surface area contributed by atoms with Crippen LogP contribution in [0.2, 0.25) is 0 Å². The lowest BCUT2D eigenvalue weighted by atomic mass is 9.89. The Hall–Kier alpha value is -1.43. The van der Waals surface area contributed by atoms with Crippen molar-refractivity contribution < 1.29 is 14.3 Å². The molecule has 5 nitrogen and oxygen atoms in total. The molecule has 5 heteroatoms. The van der Waals surface area contributed by atoms with Gasteiger partial charge in [-0.3, -0.25) is 4.79 Å². The highest BCUT2D eigenvalue weighted by Gasteiger charge is 2.39. The summed E-state index contributed by atoms with van der Waals surface area (Å²) in [6, 6.07) is 10.4. The van der Waals surface area contributed by atoms with E-state index in [1.807, 2.05) is 11.0 Å². The van der Waals surface area contributed by atoms with Gasteiger partial charge in [-0.15, -0.1) is 0 Å². The molecule has 0 aliphatic carbocycles. The molecule has 132 valence electrons. The van der Waals surface area contributed by atoms with E-state index in [1.54, 1.807) is 0 Å². The third-order valence-electron chi connectivity index (χ3n) is 5.13. The summed E-state index contributed by atoms with van der Waals surface area (Å²) in [7, 11) is 0. The SMILES string of the molecule is NC1(C(=O)N2CCC(OCCc3ccccc3)CC2)CCOCC1. The van der Waals surface area contributed by atoms with E-state index in [4.69, 9.17) is 15.2 Å². The van der Waals surface area contributed by atoms with Crippen LogP contribution in [0.4, 0.5) is 0 Å². The predicted octanol–water partition coefficient (Wildman–Crippen LogP) is 1.74. The molecule has 3 rings (SSSR count). The minimum atomic E-state index is -0.723. The van der Waals surface area contributed by atoms with Gasteiger partial charge in [0, 0.05) is 26.3 Å². The lowest BCUT2D eigenvalue weighted by Crippen LogP contribution is -2.59. The number of benzene rings is 1. The van der Waals surface area contributed by atoms with Gasteiger partial charge in [0.25, 0.3) is 0 Å². The van der Waals surface area contributed by atoms with E-state index < -0.39 is 5.54 Å². The highest BCUT2D eigenvalue weighted by molar-refractivity contribution is 5.86. The van der Waals surface area contributed by atoms with Crippen molar-refractivity contribution in [2.45, 2.75) is 43.7 Å². The number of carbonyl (C=O) groups excluding carboxylic acids is 1. The van der Waals surface area contributed by atoms with Crippen LogP contribution < -0.4 is 5.73 Å². The van der Waals surface area contributed by atoms with Gasteiger partial charge >= 0.3 is 0 Å². The third-order valence-corrected chi connectivity index (χ3v) is 5.13. The fourth-order valence-electron chi connectivity index (χ4n) is 3.48. The number of nitrogens with two attached hydrogens (primary N) is 1. The first-order valence-corrected chi connectivity index (χ1v) is 8.99. The molecule has 1 aromatic carbocycles. The molecule has 2 fully saturated rings. The van der Waals surface area contributed by atoms with Crippen LogP contribution in [0, 0.1) is 0 Å². The molecular formula is C19H28N2O3. The average Bonchev–Trinajstić information content (AvgIpc) is 2.63. The van der Waals surface area contributed by atoms with Crippen molar-refractivity contribution >= 4 is 5.91 Å². The fourth-order valence-corrected chi connectivity index (χ4v) is 3.48. The van der Waals surface area contributed by atoms with Crippen LogP contribution in [0.3, 0.4) is 0 Å². The Bertz CT molecular complexity index is 521. The molecule has 1 aromatic rings. The molecule has 2 N–H and O–H groups in total. The molecule has 1 amide bonds. The maximum atomic E-state index is 12.7. The number of hydrogen-bond donors (Lipinski definition) is 1. The first-order valence-electron chi connectivity index (χ1n) is 8.99. The summed E-state index contributed by atoms with van der Waals surface area (Å²) in [6.07, 6.45) is 4.23. The van der Waals surface area contributed by atoms with Gasteiger partial charge in [-0.25, -0.2) is 0 Å². The quantitative estimate of drug-likeness (QED) is 0.892. The van der Waals surface area contributed by atoms with Crippen LogP contribution in [-0.2, 0) is 20.7 Å². The molecule has 0 aromatic heterocycles. The zero-order valence-corrected chi connectivity index (χ0v) is 14.3. The monoisotopic (exact) mass is 332 g/mol. The second kappa shape index (κ2) is 8.10. The molecule has 0 spiro atoms. The minimum Gasteiger partial charge on any atom is -0.381 e. The first kappa shape index (κ1) is 17.4. The Balaban J connectivity index is 1.40. The van der Waals surface area contributed by atoms with E-state index in [1.165, 1.54) is 5.56 Å². The normalized spacial score (nSPS) is 21.6. The van der Waals surface area contributed by atoms with E-state index in [2.05, 4.69) is 24.3 Å². The number of nitrogens with zero attached hydrogens (tertiary/aromatic N) is 1. The maximum absolute atomic E-state index is 12.7. The number of piperidine rings is 1. The summed E-state index contributed by atoms with van der Waals surface area (Å²) in [5.41, 5.74) is 6.89. The standard InChI is InChI=1S/C19H28N2O3/c20-19(9-14-23-15-10-19)18(22)21-11-6-17(7-12-21)24-13-8-16-4-2-1-3-5-16/h1-5,17H,6-15,20H2. The van der Waals surface area contributed by atoms with Crippen LogP contribution in [0.1, 0.15) is 31.2 Å². The third kappa shape index (κ3) is 4.35. The summed E-state index contributed by atoms with van der Waals surface area (Å²) >= 11 is 0. The molecule has 2 aliphatic heterocycles. The first-order chi connectivity index (χ1) is 11.7.